The molecule has 0 aliphatic carbocycles. The fraction of sp³-hybridized carbons (Fsp3) is 0.667. The van der Waals surface area contributed by atoms with E-state index in [-0.39, 0.29) is 5.91 Å². The van der Waals surface area contributed by atoms with Crippen molar-refractivity contribution in [1.29, 1.82) is 0 Å². The Kier molecular flexibility index (Phi) is 4.72. The first-order valence-electron chi connectivity index (χ1n) is 6.92. The van der Waals surface area contributed by atoms with E-state index in [4.69, 9.17) is 0 Å². The largest absolute Gasteiger partial charge is 0.338 e. The van der Waals surface area contributed by atoms with Gasteiger partial charge in [-0.05, 0) is 58.7 Å². The van der Waals surface area contributed by atoms with Crippen molar-refractivity contribution in [1.82, 2.24) is 4.90 Å². The molecule has 1 aromatic heterocycles. The van der Waals surface area contributed by atoms with Crippen LogP contribution in [0.3, 0.4) is 0 Å². The van der Waals surface area contributed by atoms with E-state index in [0.29, 0.717) is 5.41 Å². The van der Waals surface area contributed by atoms with Crippen LogP contribution in [-0.4, -0.2) is 23.9 Å². The minimum absolute atomic E-state index is 0.199. The molecule has 0 aromatic carbocycles. The average molecular weight is 344 g/mol. The zero-order chi connectivity index (χ0) is 14.0. The maximum Gasteiger partial charge on any atom is 0.263 e. The summed E-state index contributed by atoms with van der Waals surface area (Å²) < 4.78 is 1.03. The number of carbonyl (C=O) groups excluding carboxylic acids is 1. The van der Waals surface area contributed by atoms with Gasteiger partial charge in [0, 0.05) is 13.1 Å². The lowest BCUT2D eigenvalue weighted by Gasteiger charge is -2.29. The molecule has 106 valence electrons. The summed E-state index contributed by atoms with van der Waals surface area (Å²) in [7, 11) is 0. The summed E-state index contributed by atoms with van der Waals surface area (Å²) in [5, 5.41) is 0. The van der Waals surface area contributed by atoms with Gasteiger partial charge in [0.25, 0.3) is 5.91 Å². The van der Waals surface area contributed by atoms with Crippen LogP contribution in [0.4, 0.5) is 0 Å². The van der Waals surface area contributed by atoms with Crippen molar-refractivity contribution in [2.45, 2.75) is 40.0 Å². The molecule has 0 radical (unpaired) electrons. The van der Waals surface area contributed by atoms with Crippen molar-refractivity contribution < 1.29 is 4.79 Å². The third-order valence-corrected chi connectivity index (χ3v) is 5.64. The van der Waals surface area contributed by atoms with Crippen LogP contribution in [0.15, 0.2) is 15.9 Å². The van der Waals surface area contributed by atoms with Gasteiger partial charge in [-0.3, -0.25) is 4.79 Å². The lowest BCUT2D eigenvalue weighted by atomic mass is 9.77. The van der Waals surface area contributed by atoms with E-state index in [1.165, 1.54) is 17.8 Å². The van der Waals surface area contributed by atoms with E-state index in [0.717, 1.165) is 40.5 Å². The Morgan fingerprint density at radius 2 is 2.05 bits per heavy atom. The van der Waals surface area contributed by atoms with Gasteiger partial charge in [-0.2, -0.15) is 0 Å². The molecule has 0 bridgehead atoms. The number of likely N-dealkylation sites (tertiary alicyclic amines) is 1. The Bertz CT molecular complexity index is 449. The lowest BCUT2D eigenvalue weighted by Crippen LogP contribution is -2.32. The second-order valence-corrected chi connectivity index (χ2v) is 8.85. The Balaban J connectivity index is 2.01. The summed E-state index contributed by atoms with van der Waals surface area (Å²) in [6, 6.07) is 3.87. The van der Waals surface area contributed by atoms with E-state index in [1.54, 1.807) is 0 Å². The number of hydrogen-bond donors (Lipinski definition) is 0. The summed E-state index contributed by atoms with van der Waals surface area (Å²) in [5.74, 6) is 0.922. The molecular weight excluding hydrogens is 322 g/mol. The Hall–Kier alpha value is -0.350. The third kappa shape index (κ3) is 3.82. The fourth-order valence-electron chi connectivity index (χ4n) is 2.75. The van der Waals surface area contributed by atoms with Crippen LogP contribution in [-0.2, 0) is 0 Å². The Morgan fingerprint density at radius 3 is 2.63 bits per heavy atom. The zero-order valence-electron chi connectivity index (χ0n) is 11.9. The topological polar surface area (TPSA) is 20.3 Å². The molecule has 1 amide bonds. The van der Waals surface area contributed by atoms with Crippen LogP contribution in [0, 0.1) is 11.3 Å². The first-order chi connectivity index (χ1) is 8.88. The molecular formula is C15H22BrNOS. The van der Waals surface area contributed by atoms with Crippen molar-refractivity contribution in [3.05, 3.63) is 20.8 Å². The maximum absolute atomic E-state index is 12.4. The van der Waals surface area contributed by atoms with Gasteiger partial charge in [0.2, 0.25) is 0 Å². The van der Waals surface area contributed by atoms with Crippen molar-refractivity contribution in [3.8, 4) is 0 Å². The van der Waals surface area contributed by atoms with Gasteiger partial charge in [-0.25, -0.2) is 0 Å². The molecule has 2 rings (SSSR count). The fourth-order valence-corrected chi connectivity index (χ4v) is 4.10. The van der Waals surface area contributed by atoms with Crippen molar-refractivity contribution in [2.75, 3.05) is 13.1 Å². The number of carbonyl (C=O) groups is 1. The van der Waals surface area contributed by atoms with E-state index in [2.05, 4.69) is 36.7 Å². The molecule has 19 heavy (non-hydrogen) atoms. The molecule has 2 nitrogen and oxygen atoms in total. The zero-order valence-corrected chi connectivity index (χ0v) is 14.3. The molecule has 1 unspecified atom stereocenters. The van der Waals surface area contributed by atoms with E-state index in [1.807, 2.05) is 17.0 Å². The molecule has 1 aromatic rings. The molecule has 1 saturated heterocycles. The molecule has 2 heterocycles. The third-order valence-electron chi connectivity index (χ3n) is 4.02. The van der Waals surface area contributed by atoms with E-state index in [9.17, 15) is 4.79 Å². The predicted molar refractivity (Wildman–Crippen MR) is 84.7 cm³/mol. The van der Waals surface area contributed by atoms with Gasteiger partial charge in [0.15, 0.2) is 0 Å². The van der Waals surface area contributed by atoms with Gasteiger partial charge < -0.3 is 4.90 Å². The summed E-state index contributed by atoms with van der Waals surface area (Å²) in [6.45, 7) is 8.74. The van der Waals surface area contributed by atoms with Crippen molar-refractivity contribution in [2.24, 2.45) is 11.3 Å². The summed E-state index contributed by atoms with van der Waals surface area (Å²) in [5.41, 5.74) is 0.352. The number of thiophene rings is 1. The predicted octanol–water partition coefficient (Wildman–Crippen LogP) is 4.80. The van der Waals surface area contributed by atoms with Crippen molar-refractivity contribution in [3.63, 3.8) is 0 Å². The first-order valence-corrected chi connectivity index (χ1v) is 8.53. The lowest BCUT2D eigenvalue weighted by molar-refractivity contribution is 0.0760. The van der Waals surface area contributed by atoms with E-state index >= 15 is 0 Å². The summed E-state index contributed by atoms with van der Waals surface area (Å²) >= 11 is 4.95. The van der Waals surface area contributed by atoms with Crippen LogP contribution < -0.4 is 0 Å². The van der Waals surface area contributed by atoms with Crippen LogP contribution in [0.5, 0.6) is 0 Å². The number of hydrogen-bond acceptors (Lipinski definition) is 2. The Labute approximate surface area is 128 Å². The van der Waals surface area contributed by atoms with Crippen LogP contribution in [0.25, 0.3) is 0 Å². The molecule has 4 heteroatoms. The van der Waals surface area contributed by atoms with Crippen LogP contribution in [0.2, 0.25) is 0 Å². The van der Waals surface area contributed by atoms with Crippen molar-refractivity contribution >= 4 is 33.2 Å². The van der Waals surface area contributed by atoms with Gasteiger partial charge >= 0.3 is 0 Å². The summed E-state index contributed by atoms with van der Waals surface area (Å²) in [6.07, 6.45) is 3.49. The minimum atomic E-state index is 0.199. The second kappa shape index (κ2) is 5.96. The molecule has 0 spiro atoms. The standard InChI is InChI=1S/C15H22BrNOS/c1-15(2,3)11-5-4-9-17(10-8-11)14(18)12-6-7-13(16)19-12/h6-7,11H,4-5,8-10H2,1-3H3. The molecule has 1 atom stereocenters. The van der Waals surface area contributed by atoms with Gasteiger partial charge in [0.1, 0.15) is 0 Å². The molecule has 0 N–H and O–H groups in total. The molecule has 1 aliphatic heterocycles. The second-order valence-electron chi connectivity index (χ2n) is 6.39. The Morgan fingerprint density at radius 1 is 1.32 bits per heavy atom. The normalized spacial score (nSPS) is 21.3. The SMILES string of the molecule is CC(C)(C)C1CCCN(C(=O)c2ccc(Br)s2)CC1. The van der Waals surface area contributed by atoms with Gasteiger partial charge in [0.05, 0.1) is 8.66 Å². The molecule has 1 fully saturated rings. The monoisotopic (exact) mass is 343 g/mol. The first kappa shape index (κ1) is 15.0. The highest BCUT2D eigenvalue weighted by Gasteiger charge is 2.28. The van der Waals surface area contributed by atoms with Crippen LogP contribution >= 0.6 is 27.3 Å². The van der Waals surface area contributed by atoms with Gasteiger partial charge in [-0.1, -0.05) is 20.8 Å². The smallest absolute Gasteiger partial charge is 0.263 e. The highest BCUT2D eigenvalue weighted by Crippen LogP contribution is 2.34. The van der Waals surface area contributed by atoms with E-state index < -0.39 is 0 Å². The minimum Gasteiger partial charge on any atom is -0.338 e. The average Bonchev–Trinajstić information content (AvgIpc) is 2.62. The molecule has 1 aliphatic rings. The number of nitrogens with zero attached hydrogens (tertiary/aromatic N) is 1. The number of amides is 1. The summed E-state index contributed by atoms with van der Waals surface area (Å²) in [4.78, 5) is 15.3. The molecule has 0 saturated carbocycles. The number of rotatable bonds is 1. The quantitative estimate of drug-likeness (QED) is 0.717. The highest BCUT2D eigenvalue weighted by atomic mass is 79.9. The number of halogens is 1. The van der Waals surface area contributed by atoms with Crippen LogP contribution in [0.1, 0.15) is 49.7 Å². The van der Waals surface area contributed by atoms with Gasteiger partial charge in [-0.15, -0.1) is 11.3 Å². The maximum atomic E-state index is 12.4. The highest BCUT2D eigenvalue weighted by molar-refractivity contribution is 9.11.